The van der Waals surface area contributed by atoms with E-state index in [1.54, 1.807) is 13.2 Å². The van der Waals surface area contributed by atoms with Crippen LogP contribution in [0.25, 0.3) is 0 Å². The molecular formula is C12H14FNO2. The fourth-order valence-corrected chi connectivity index (χ4v) is 2.02. The van der Waals surface area contributed by atoms with Gasteiger partial charge in [-0.15, -0.1) is 0 Å². The molecule has 16 heavy (non-hydrogen) atoms. The number of ether oxygens (including phenoxy) is 1. The molecule has 1 aromatic rings. The Morgan fingerprint density at radius 2 is 2.31 bits per heavy atom. The van der Waals surface area contributed by atoms with Crippen LogP contribution in [-0.4, -0.2) is 19.6 Å². The van der Waals surface area contributed by atoms with Crippen molar-refractivity contribution in [2.45, 2.75) is 18.8 Å². The number of hydrogen-bond acceptors (Lipinski definition) is 2. The normalized spacial score (nSPS) is 20.4. The number of piperidine rings is 1. The zero-order valence-electron chi connectivity index (χ0n) is 9.13. The lowest BCUT2D eigenvalue weighted by Gasteiger charge is -2.24. The number of halogens is 1. The van der Waals surface area contributed by atoms with Crippen molar-refractivity contribution in [3.05, 3.63) is 29.6 Å². The number of methoxy groups -OCH3 is 1. The van der Waals surface area contributed by atoms with E-state index in [0.29, 0.717) is 18.7 Å². The van der Waals surface area contributed by atoms with Crippen LogP contribution < -0.4 is 10.1 Å². The van der Waals surface area contributed by atoms with E-state index in [2.05, 4.69) is 5.32 Å². The highest BCUT2D eigenvalue weighted by Crippen LogP contribution is 2.31. The summed E-state index contributed by atoms with van der Waals surface area (Å²) in [7, 11) is 1.57. The van der Waals surface area contributed by atoms with E-state index in [9.17, 15) is 9.18 Å². The molecule has 1 unspecified atom stereocenters. The summed E-state index contributed by atoms with van der Waals surface area (Å²) < 4.78 is 18.4. The summed E-state index contributed by atoms with van der Waals surface area (Å²) >= 11 is 0. The zero-order valence-corrected chi connectivity index (χ0v) is 9.13. The molecule has 0 bridgehead atoms. The Balaban J connectivity index is 2.24. The summed E-state index contributed by atoms with van der Waals surface area (Å²) in [6.07, 6.45) is 1.23. The number of amides is 1. The fraction of sp³-hybridized carbons (Fsp3) is 0.417. The maximum atomic E-state index is 13.2. The first kappa shape index (κ1) is 10.9. The Morgan fingerprint density at radius 3 is 2.94 bits per heavy atom. The van der Waals surface area contributed by atoms with Crippen LogP contribution in [0.1, 0.15) is 24.3 Å². The Morgan fingerprint density at radius 1 is 1.50 bits per heavy atom. The molecule has 1 amide bonds. The van der Waals surface area contributed by atoms with E-state index >= 15 is 0 Å². The monoisotopic (exact) mass is 223 g/mol. The maximum Gasteiger partial charge on any atom is 0.220 e. The summed E-state index contributed by atoms with van der Waals surface area (Å²) in [5.74, 6) is 0.616. The first-order chi connectivity index (χ1) is 7.70. The predicted octanol–water partition coefficient (Wildman–Crippen LogP) is 1.83. The molecule has 0 spiro atoms. The minimum Gasteiger partial charge on any atom is -0.496 e. The second-order valence-electron chi connectivity index (χ2n) is 3.93. The van der Waals surface area contributed by atoms with E-state index in [-0.39, 0.29) is 17.6 Å². The van der Waals surface area contributed by atoms with Crippen LogP contribution in [0.15, 0.2) is 18.2 Å². The lowest BCUT2D eigenvalue weighted by Crippen LogP contribution is -2.33. The lowest BCUT2D eigenvalue weighted by atomic mass is 9.90. The van der Waals surface area contributed by atoms with Crippen molar-refractivity contribution in [1.29, 1.82) is 0 Å². The van der Waals surface area contributed by atoms with Crippen LogP contribution in [0.3, 0.4) is 0 Å². The largest absolute Gasteiger partial charge is 0.496 e. The molecule has 0 aliphatic carbocycles. The average molecular weight is 223 g/mol. The molecule has 1 saturated heterocycles. The van der Waals surface area contributed by atoms with Gasteiger partial charge < -0.3 is 10.1 Å². The smallest absolute Gasteiger partial charge is 0.220 e. The molecule has 1 N–H and O–H groups in total. The molecule has 4 heteroatoms. The molecule has 86 valence electrons. The van der Waals surface area contributed by atoms with Crippen LogP contribution in [0.4, 0.5) is 4.39 Å². The molecule has 0 radical (unpaired) electrons. The number of rotatable bonds is 2. The molecular weight excluding hydrogens is 209 g/mol. The Bertz CT molecular complexity index is 396. The van der Waals surface area contributed by atoms with E-state index in [0.717, 1.165) is 12.0 Å². The molecule has 1 heterocycles. The topological polar surface area (TPSA) is 38.3 Å². The van der Waals surface area contributed by atoms with Gasteiger partial charge >= 0.3 is 0 Å². The highest BCUT2D eigenvalue weighted by molar-refractivity contribution is 5.77. The van der Waals surface area contributed by atoms with Crippen molar-refractivity contribution in [3.8, 4) is 5.75 Å². The SMILES string of the molecule is COc1ccc(F)cc1C1CCC(=O)NC1. The van der Waals surface area contributed by atoms with E-state index in [1.807, 2.05) is 0 Å². The van der Waals surface area contributed by atoms with Crippen LogP contribution in [0.5, 0.6) is 5.75 Å². The minimum absolute atomic E-state index is 0.0617. The van der Waals surface area contributed by atoms with Gasteiger partial charge in [-0.25, -0.2) is 4.39 Å². The third kappa shape index (κ3) is 2.15. The van der Waals surface area contributed by atoms with Gasteiger partial charge in [0.05, 0.1) is 7.11 Å². The van der Waals surface area contributed by atoms with E-state index in [1.165, 1.54) is 12.1 Å². The molecule has 1 atom stereocenters. The number of benzene rings is 1. The molecule has 0 saturated carbocycles. The van der Waals surface area contributed by atoms with Gasteiger partial charge in [-0.2, -0.15) is 0 Å². The number of carbonyl (C=O) groups excluding carboxylic acids is 1. The Hall–Kier alpha value is -1.58. The maximum absolute atomic E-state index is 13.2. The molecule has 3 nitrogen and oxygen atoms in total. The predicted molar refractivity (Wildman–Crippen MR) is 57.9 cm³/mol. The molecule has 1 fully saturated rings. The second-order valence-corrected chi connectivity index (χ2v) is 3.93. The van der Waals surface area contributed by atoms with Gasteiger partial charge in [0.1, 0.15) is 11.6 Å². The van der Waals surface area contributed by atoms with Gasteiger partial charge in [0.2, 0.25) is 5.91 Å². The van der Waals surface area contributed by atoms with Gasteiger partial charge in [-0.1, -0.05) is 0 Å². The van der Waals surface area contributed by atoms with Gasteiger partial charge in [-0.05, 0) is 24.6 Å². The molecule has 1 aromatic carbocycles. The lowest BCUT2D eigenvalue weighted by molar-refractivity contribution is -0.122. The zero-order chi connectivity index (χ0) is 11.5. The number of hydrogen-bond donors (Lipinski definition) is 1. The van der Waals surface area contributed by atoms with Gasteiger partial charge in [-0.3, -0.25) is 4.79 Å². The van der Waals surface area contributed by atoms with Gasteiger partial charge in [0.15, 0.2) is 0 Å². The standard InChI is InChI=1S/C12H14FNO2/c1-16-11-4-3-9(13)6-10(11)8-2-5-12(15)14-7-8/h3-4,6,8H,2,5,7H2,1H3,(H,14,15). The molecule has 1 aliphatic heterocycles. The van der Waals surface area contributed by atoms with Gasteiger partial charge in [0.25, 0.3) is 0 Å². The Kier molecular flexibility index (Phi) is 3.08. The average Bonchev–Trinajstić information content (AvgIpc) is 2.30. The highest BCUT2D eigenvalue weighted by Gasteiger charge is 2.22. The fourth-order valence-electron chi connectivity index (χ4n) is 2.02. The van der Waals surface area contributed by atoms with E-state index < -0.39 is 0 Å². The number of carbonyl (C=O) groups is 1. The number of nitrogens with one attached hydrogen (secondary N) is 1. The third-order valence-corrected chi connectivity index (χ3v) is 2.90. The van der Waals surface area contributed by atoms with Crippen molar-refractivity contribution in [3.63, 3.8) is 0 Å². The van der Waals surface area contributed by atoms with Crippen LogP contribution in [-0.2, 0) is 4.79 Å². The summed E-state index contributed by atoms with van der Waals surface area (Å²) in [6.45, 7) is 0.554. The van der Waals surface area contributed by atoms with Crippen molar-refractivity contribution in [2.24, 2.45) is 0 Å². The summed E-state index contributed by atoms with van der Waals surface area (Å²) in [4.78, 5) is 11.0. The second kappa shape index (κ2) is 4.51. The van der Waals surface area contributed by atoms with Crippen molar-refractivity contribution in [2.75, 3.05) is 13.7 Å². The third-order valence-electron chi connectivity index (χ3n) is 2.90. The highest BCUT2D eigenvalue weighted by atomic mass is 19.1. The first-order valence-corrected chi connectivity index (χ1v) is 5.31. The summed E-state index contributed by atoms with van der Waals surface area (Å²) in [5.41, 5.74) is 0.836. The summed E-state index contributed by atoms with van der Waals surface area (Å²) in [5, 5.41) is 2.78. The van der Waals surface area contributed by atoms with Gasteiger partial charge in [0, 0.05) is 24.4 Å². The minimum atomic E-state index is -0.271. The van der Waals surface area contributed by atoms with E-state index in [4.69, 9.17) is 4.74 Å². The van der Waals surface area contributed by atoms with Crippen LogP contribution in [0, 0.1) is 5.82 Å². The first-order valence-electron chi connectivity index (χ1n) is 5.31. The quantitative estimate of drug-likeness (QED) is 0.830. The van der Waals surface area contributed by atoms with Crippen molar-refractivity contribution < 1.29 is 13.9 Å². The molecule has 1 aliphatic rings. The molecule has 0 aromatic heterocycles. The van der Waals surface area contributed by atoms with Crippen LogP contribution in [0.2, 0.25) is 0 Å². The van der Waals surface area contributed by atoms with Crippen LogP contribution >= 0.6 is 0 Å². The van der Waals surface area contributed by atoms with Crippen molar-refractivity contribution in [1.82, 2.24) is 5.32 Å². The van der Waals surface area contributed by atoms with Crippen molar-refractivity contribution >= 4 is 5.91 Å². The summed E-state index contributed by atoms with van der Waals surface area (Å²) in [6, 6.07) is 4.49. The Labute approximate surface area is 93.6 Å². The molecule has 2 rings (SSSR count).